The molecule has 17 heavy (non-hydrogen) atoms. The minimum atomic E-state index is 0.155. The first-order valence-electron chi connectivity index (χ1n) is 5.62. The van der Waals surface area contributed by atoms with Gasteiger partial charge in [0.25, 0.3) is 0 Å². The molecule has 0 amide bonds. The summed E-state index contributed by atoms with van der Waals surface area (Å²) in [5.41, 5.74) is 1.07. The Morgan fingerprint density at radius 1 is 1.41 bits per heavy atom. The van der Waals surface area contributed by atoms with E-state index in [1.165, 1.54) is 0 Å². The van der Waals surface area contributed by atoms with E-state index in [2.05, 4.69) is 10.3 Å². The van der Waals surface area contributed by atoms with Gasteiger partial charge >= 0.3 is 0 Å². The number of aromatic nitrogens is 1. The van der Waals surface area contributed by atoms with Crippen LogP contribution in [0.3, 0.4) is 0 Å². The van der Waals surface area contributed by atoms with Gasteiger partial charge in [0.1, 0.15) is 0 Å². The van der Waals surface area contributed by atoms with E-state index in [9.17, 15) is 0 Å². The SMILES string of the molecule is COCC(CCO)NCc1ccc(OC)nc1. The lowest BCUT2D eigenvalue weighted by molar-refractivity contribution is 0.148. The summed E-state index contributed by atoms with van der Waals surface area (Å²) in [6.07, 6.45) is 2.45. The molecule has 0 aliphatic rings. The quantitative estimate of drug-likeness (QED) is 0.696. The molecule has 0 radical (unpaired) electrons. The van der Waals surface area contributed by atoms with E-state index in [0.29, 0.717) is 25.5 Å². The second-order valence-electron chi connectivity index (χ2n) is 3.75. The normalized spacial score (nSPS) is 12.4. The molecule has 1 unspecified atom stereocenters. The Labute approximate surface area is 102 Å². The molecule has 1 aromatic rings. The lowest BCUT2D eigenvalue weighted by Crippen LogP contribution is -2.33. The molecule has 96 valence electrons. The van der Waals surface area contributed by atoms with Crippen molar-refractivity contribution in [3.05, 3.63) is 23.9 Å². The number of methoxy groups -OCH3 is 2. The van der Waals surface area contributed by atoms with Crippen molar-refractivity contribution in [3.8, 4) is 5.88 Å². The second kappa shape index (κ2) is 8.00. The first-order valence-corrected chi connectivity index (χ1v) is 5.62. The molecule has 1 atom stereocenters. The van der Waals surface area contributed by atoms with E-state index in [4.69, 9.17) is 14.6 Å². The average molecular weight is 240 g/mol. The fourth-order valence-electron chi connectivity index (χ4n) is 1.50. The van der Waals surface area contributed by atoms with Crippen LogP contribution in [0.1, 0.15) is 12.0 Å². The third-order valence-corrected chi connectivity index (χ3v) is 2.45. The van der Waals surface area contributed by atoms with E-state index in [-0.39, 0.29) is 12.6 Å². The van der Waals surface area contributed by atoms with Crippen LogP contribution in [0, 0.1) is 0 Å². The van der Waals surface area contributed by atoms with Crippen LogP contribution in [0.4, 0.5) is 0 Å². The minimum absolute atomic E-state index is 0.155. The molecule has 0 saturated carbocycles. The smallest absolute Gasteiger partial charge is 0.212 e. The van der Waals surface area contributed by atoms with Crippen LogP contribution in [-0.2, 0) is 11.3 Å². The third kappa shape index (κ3) is 5.12. The highest BCUT2D eigenvalue weighted by Gasteiger charge is 2.07. The molecule has 0 aromatic carbocycles. The van der Waals surface area contributed by atoms with E-state index < -0.39 is 0 Å². The molecule has 2 N–H and O–H groups in total. The Hall–Kier alpha value is -1.17. The Kier molecular flexibility index (Phi) is 6.54. The first-order chi connectivity index (χ1) is 8.30. The molecule has 0 fully saturated rings. The predicted molar refractivity (Wildman–Crippen MR) is 65.0 cm³/mol. The number of hydrogen-bond donors (Lipinski definition) is 2. The Bertz CT molecular complexity index is 297. The van der Waals surface area contributed by atoms with Gasteiger partial charge in [0.15, 0.2) is 0 Å². The molecule has 0 aliphatic heterocycles. The summed E-state index contributed by atoms with van der Waals surface area (Å²) in [5.74, 6) is 0.609. The summed E-state index contributed by atoms with van der Waals surface area (Å²) in [6.45, 7) is 1.44. The van der Waals surface area contributed by atoms with Crippen molar-refractivity contribution in [2.75, 3.05) is 27.4 Å². The Balaban J connectivity index is 2.41. The summed E-state index contributed by atoms with van der Waals surface area (Å²) in [5, 5.41) is 12.2. The topological polar surface area (TPSA) is 63.6 Å². The number of pyridine rings is 1. The summed E-state index contributed by atoms with van der Waals surface area (Å²) < 4.78 is 10.1. The zero-order chi connectivity index (χ0) is 12.5. The van der Waals surface area contributed by atoms with Crippen LogP contribution in [0.2, 0.25) is 0 Å². The highest BCUT2D eigenvalue weighted by atomic mass is 16.5. The molecule has 5 heteroatoms. The van der Waals surface area contributed by atoms with Crippen LogP contribution >= 0.6 is 0 Å². The molecule has 1 heterocycles. The summed E-state index contributed by atoms with van der Waals surface area (Å²) in [6, 6.07) is 3.95. The molecule has 0 spiro atoms. The lowest BCUT2D eigenvalue weighted by atomic mass is 10.2. The molecule has 5 nitrogen and oxygen atoms in total. The zero-order valence-corrected chi connectivity index (χ0v) is 10.3. The van der Waals surface area contributed by atoms with Gasteiger partial charge in [-0.05, 0) is 12.0 Å². The summed E-state index contributed by atoms with van der Waals surface area (Å²) in [7, 11) is 3.25. The van der Waals surface area contributed by atoms with Crippen LogP contribution in [0.5, 0.6) is 5.88 Å². The number of hydrogen-bond acceptors (Lipinski definition) is 5. The summed E-state index contributed by atoms with van der Waals surface area (Å²) >= 11 is 0. The van der Waals surface area contributed by atoms with Crippen molar-refractivity contribution in [1.29, 1.82) is 0 Å². The van der Waals surface area contributed by atoms with Gasteiger partial charge in [-0.25, -0.2) is 4.98 Å². The largest absolute Gasteiger partial charge is 0.481 e. The van der Waals surface area contributed by atoms with Crippen LogP contribution in [0.25, 0.3) is 0 Å². The molecule has 0 saturated heterocycles. The lowest BCUT2D eigenvalue weighted by Gasteiger charge is -2.16. The van der Waals surface area contributed by atoms with Crippen molar-refractivity contribution in [1.82, 2.24) is 10.3 Å². The standard InChI is InChI=1S/C12H20N2O3/c1-16-9-11(5-6-15)13-7-10-3-4-12(17-2)14-8-10/h3-4,8,11,13,15H,5-7,9H2,1-2H3. The van der Waals surface area contributed by atoms with Gasteiger partial charge in [0, 0.05) is 38.6 Å². The number of aliphatic hydroxyl groups excluding tert-OH is 1. The summed E-state index contributed by atoms with van der Waals surface area (Å²) in [4.78, 5) is 4.12. The van der Waals surface area contributed by atoms with Crippen molar-refractivity contribution >= 4 is 0 Å². The number of nitrogens with one attached hydrogen (secondary N) is 1. The van der Waals surface area contributed by atoms with Crippen LogP contribution < -0.4 is 10.1 Å². The number of nitrogens with zero attached hydrogens (tertiary/aromatic N) is 1. The third-order valence-electron chi connectivity index (χ3n) is 2.45. The maximum absolute atomic E-state index is 8.90. The number of ether oxygens (including phenoxy) is 2. The van der Waals surface area contributed by atoms with Crippen molar-refractivity contribution in [3.63, 3.8) is 0 Å². The molecule has 0 aliphatic carbocycles. The molecular weight excluding hydrogens is 220 g/mol. The Morgan fingerprint density at radius 2 is 2.24 bits per heavy atom. The van der Waals surface area contributed by atoms with E-state index in [1.807, 2.05) is 12.1 Å². The maximum atomic E-state index is 8.90. The second-order valence-corrected chi connectivity index (χ2v) is 3.75. The first kappa shape index (κ1) is 13.9. The Morgan fingerprint density at radius 3 is 2.76 bits per heavy atom. The molecule has 1 aromatic heterocycles. The van der Waals surface area contributed by atoms with Gasteiger partial charge < -0.3 is 19.9 Å². The molecular formula is C12H20N2O3. The minimum Gasteiger partial charge on any atom is -0.481 e. The van der Waals surface area contributed by atoms with Gasteiger partial charge in [-0.2, -0.15) is 0 Å². The average Bonchev–Trinajstić information content (AvgIpc) is 2.37. The monoisotopic (exact) mass is 240 g/mol. The zero-order valence-electron chi connectivity index (χ0n) is 10.3. The fourth-order valence-corrected chi connectivity index (χ4v) is 1.50. The van der Waals surface area contributed by atoms with Crippen LogP contribution in [0.15, 0.2) is 18.3 Å². The van der Waals surface area contributed by atoms with Crippen molar-refractivity contribution < 1.29 is 14.6 Å². The van der Waals surface area contributed by atoms with Gasteiger partial charge in [0.2, 0.25) is 5.88 Å². The highest BCUT2D eigenvalue weighted by Crippen LogP contribution is 2.06. The number of aliphatic hydroxyl groups is 1. The van der Waals surface area contributed by atoms with Gasteiger partial charge in [-0.1, -0.05) is 6.07 Å². The van der Waals surface area contributed by atoms with E-state index in [0.717, 1.165) is 5.56 Å². The highest BCUT2D eigenvalue weighted by molar-refractivity contribution is 5.17. The van der Waals surface area contributed by atoms with Crippen LogP contribution in [-0.4, -0.2) is 43.6 Å². The van der Waals surface area contributed by atoms with Gasteiger partial charge in [-0.15, -0.1) is 0 Å². The van der Waals surface area contributed by atoms with E-state index in [1.54, 1.807) is 20.4 Å². The van der Waals surface area contributed by atoms with Crippen molar-refractivity contribution in [2.45, 2.75) is 19.0 Å². The van der Waals surface area contributed by atoms with Gasteiger partial charge in [0.05, 0.1) is 13.7 Å². The predicted octanol–water partition coefficient (Wildman–Crippen LogP) is 0.577. The molecule has 1 rings (SSSR count). The van der Waals surface area contributed by atoms with E-state index >= 15 is 0 Å². The number of rotatable bonds is 8. The van der Waals surface area contributed by atoms with Gasteiger partial charge in [-0.3, -0.25) is 0 Å². The fraction of sp³-hybridized carbons (Fsp3) is 0.583. The molecule has 0 bridgehead atoms. The maximum Gasteiger partial charge on any atom is 0.212 e. The van der Waals surface area contributed by atoms with Crippen molar-refractivity contribution in [2.24, 2.45) is 0 Å².